The lowest BCUT2D eigenvalue weighted by molar-refractivity contribution is 0.0826. The quantitative estimate of drug-likeness (QED) is 0.710. The molecule has 2 heterocycles. The predicted octanol–water partition coefficient (Wildman–Crippen LogP) is 4.41. The Balaban J connectivity index is 1.98. The highest BCUT2D eigenvalue weighted by Crippen LogP contribution is 2.42. The van der Waals surface area contributed by atoms with E-state index >= 15 is 0 Å². The van der Waals surface area contributed by atoms with Gasteiger partial charge in [-0.25, -0.2) is 9.97 Å². The molecule has 3 aromatic rings. The van der Waals surface area contributed by atoms with E-state index in [2.05, 4.69) is 16.0 Å². The third kappa shape index (κ3) is 3.22. The van der Waals surface area contributed by atoms with Crippen LogP contribution in [-0.4, -0.2) is 39.4 Å². The number of nitrogen functional groups attached to an aromatic ring is 1. The number of nitrogens with zero attached hydrogens (tertiary/aromatic N) is 4. The highest BCUT2D eigenvalue weighted by atomic mass is 35.5. The number of benzene rings is 1. The van der Waals surface area contributed by atoms with E-state index in [1.165, 1.54) is 25.6 Å². The van der Waals surface area contributed by atoms with Crippen LogP contribution in [0.15, 0.2) is 30.7 Å². The molecule has 0 spiro atoms. The van der Waals surface area contributed by atoms with Gasteiger partial charge in [-0.1, -0.05) is 30.9 Å². The molecule has 1 fully saturated rings. The molecule has 0 unspecified atom stereocenters. The standard InChI is InChI=1S/C21H24ClN5O/c1-26(2)21(28)20-15(22)10-16-14(19(20)13-6-4-3-5-7-13)8-9-27(16)18-11-17(23)24-12-25-18/h8-13H,3-7H2,1-2H3,(H2,23,24,25). The van der Waals surface area contributed by atoms with Crippen LogP contribution in [0.5, 0.6) is 0 Å². The van der Waals surface area contributed by atoms with Crippen molar-refractivity contribution in [3.8, 4) is 5.82 Å². The number of hydrogen-bond donors (Lipinski definition) is 1. The molecule has 7 heteroatoms. The minimum absolute atomic E-state index is 0.0495. The van der Waals surface area contributed by atoms with E-state index in [0.717, 1.165) is 29.3 Å². The summed E-state index contributed by atoms with van der Waals surface area (Å²) >= 11 is 6.70. The molecule has 6 nitrogen and oxygen atoms in total. The van der Waals surface area contributed by atoms with E-state index in [9.17, 15) is 4.79 Å². The Morgan fingerprint density at radius 3 is 2.64 bits per heavy atom. The van der Waals surface area contributed by atoms with Gasteiger partial charge in [0, 0.05) is 31.7 Å². The summed E-state index contributed by atoms with van der Waals surface area (Å²) in [5, 5.41) is 1.53. The van der Waals surface area contributed by atoms with Crippen LogP contribution in [0.1, 0.15) is 53.9 Å². The number of halogens is 1. The second kappa shape index (κ2) is 7.43. The molecule has 2 N–H and O–H groups in total. The van der Waals surface area contributed by atoms with Gasteiger partial charge in [0.15, 0.2) is 0 Å². The van der Waals surface area contributed by atoms with Crippen LogP contribution in [0.2, 0.25) is 5.02 Å². The number of carbonyl (C=O) groups excluding carboxylic acids is 1. The summed E-state index contributed by atoms with van der Waals surface area (Å²) in [5.41, 5.74) is 8.47. The molecule has 1 aliphatic rings. The molecule has 1 amide bonds. The number of anilines is 1. The number of rotatable bonds is 3. The zero-order chi connectivity index (χ0) is 19.8. The Bertz CT molecular complexity index is 1040. The predicted molar refractivity (Wildman–Crippen MR) is 112 cm³/mol. The van der Waals surface area contributed by atoms with Crippen molar-refractivity contribution in [1.29, 1.82) is 0 Å². The molecular weight excluding hydrogens is 374 g/mol. The van der Waals surface area contributed by atoms with E-state index in [4.69, 9.17) is 17.3 Å². The number of hydrogen-bond acceptors (Lipinski definition) is 4. The van der Waals surface area contributed by atoms with Gasteiger partial charge >= 0.3 is 0 Å². The fourth-order valence-corrected chi connectivity index (χ4v) is 4.51. The van der Waals surface area contributed by atoms with Crippen molar-refractivity contribution in [2.75, 3.05) is 19.8 Å². The maximum Gasteiger partial charge on any atom is 0.255 e. The van der Waals surface area contributed by atoms with Gasteiger partial charge in [-0.15, -0.1) is 0 Å². The van der Waals surface area contributed by atoms with Crippen molar-refractivity contribution in [3.63, 3.8) is 0 Å². The Hall–Kier alpha value is -2.60. The summed E-state index contributed by atoms with van der Waals surface area (Å²) in [6.07, 6.45) is 9.17. The van der Waals surface area contributed by atoms with Crippen LogP contribution in [0.3, 0.4) is 0 Å². The molecule has 4 rings (SSSR count). The molecule has 1 saturated carbocycles. The van der Waals surface area contributed by atoms with Crippen molar-refractivity contribution < 1.29 is 4.79 Å². The molecule has 146 valence electrons. The molecule has 0 saturated heterocycles. The second-order valence-corrected chi connectivity index (χ2v) is 8.01. The van der Waals surface area contributed by atoms with Gasteiger partial charge in [-0.05, 0) is 36.5 Å². The highest BCUT2D eigenvalue weighted by molar-refractivity contribution is 6.35. The average Bonchev–Trinajstić information content (AvgIpc) is 3.10. The normalized spacial score (nSPS) is 15.1. The van der Waals surface area contributed by atoms with Crippen LogP contribution in [0, 0.1) is 0 Å². The molecule has 0 atom stereocenters. The Morgan fingerprint density at radius 2 is 1.96 bits per heavy atom. The summed E-state index contributed by atoms with van der Waals surface area (Å²) in [4.78, 5) is 22.9. The van der Waals surface area contributed by atoms with E-state index in [1.807, 2.05) is 16.8 Å². The Morgan fingerprint density at radius 1 is 1.21 bits per heavy atom. The molecule has 28 heavy (non-hydrogen) atoms. The van der Waals surface area contributed by atoms with Gasteiger partial charge < -0.3 is 15.2 Å². The molecule has 1 aliphatic carbocycles. The number of amides is 1. The SMILES string of the molecule is CN(C)C(=O)c1c(Cl)cc2c(ccn2-c2cc(N)ncn2)c1C1CCCCC1. The van der Waals surface area contributed by atoms with E-state index in [1.54, 1.807) is 25.1 Å². The summed E-state index contributed by atoms with van der Waals surface area (Å²) < 4.78 is 1.95. The van der Waals surface area contributed by atoms with Gasteiger partial charge in [0.1, 0.15) is 18.0 Å². The average molecular weight is 398 g/mol. The number of nitrogens with two attached hydrogens (primary N) is 1. The minimum atomic E-state index is -0.0495. The molecule has 0 bridgehead atoms. The lowest BCUT2D eigenvalue weighted by Gasteiger charge is -2.26. The van der Waals surface area contributed by atoms with Crippen molar-refractivity contribution in [3.05, 3.63) is 46.9 Å². The maximum atomic E-state index is 13.0. The Kier molecular flexibility index (Phi) is 4.98. The molecule has 0 radical (unpaired) electrons. The number of aromatic nitrogens is 3. The van der Waals surface area contributed by atoms with Gasteiger partial charge in [-0.3, -0.25) is 4.79 Å². The van der Waals surface area contributed by atoms with Crippen molar-refractivity contribution >= 4 is 34.2 Å². The lowest BCUT2D eigenvalue weighted by Crippen LogP contribution is -2.24. The number of fused-ring (bicyclic) bond motifs is 1. The Labute approximate surface area is 169 Å². The minimum Gasteiger partial charge on any atom is -0.384 e. The first-order valence-electron chi connectivity index (χ1n) is 9.60. The summed E-state index contributed by atoms with van der Waals surface area (Å²) in [6, 6.07) is 5.64. The molecular formula is C21H24ClN5O. The van der Waals surface area contributed by atoms with Gasteiger partial charge in [-0.2, -0.15) is 0 Å². The molecule has 1 aromatic carbocycles. The fourth-order valence-electron chi connectivity index (χ4n) is 4.22. The van der Waals surface area contributed by atoms with E-state index < -0.39 is 0 Å². The maximum absolute atomic E-state index is 13.0. The topological polar surface area (TPSA) is 77.0 Å². The van der Waals surface area contributed by atoms with Gasteiger partial charge in [0.2, 0.25) is 0 Å². The summed E-state index contributed by atoms with van der Waals surface area (Å²) in [6.45, 7) is 0. The van der Waals surface area contributed by atoms with Gasteiger partial charge in [0.05, 0.1) is 16.1 Å². The summed E-state index contributed by atoms with van der Waals surface area (Å²) in [5.74, 6) is 1.37. The number of carbonyl (C=O) groups is 1. The third-order valence-corrected chi connectivity index (χ3v) is 5.84. The zero-order valence-electron chi connectivity index (χ0n) is 16.2. The van der Waals surface area contributed by atoms with Crippen LogP contribution < -0.4 is 5.73 Å². The fraction of sp³-hybridized carbons (Fsp3) is 0.381. The van der Waals surface area contributed by atoms with E-state index in [-0.39, 0.29) is 5.91 Å². The smallest absolute Gasteiger partial charge is 0.255 e. The first-order chi connectivity index (χ1) is 13.5. The third-order valence-electron chi connectivity index (χ3n) is 5.54. The van der Waals surface area contributed by atoms with Crippen molar-refractivity contribution in [2.45, 2.75) is 38.0 Å². The molecule has 0 aliphatic heterocycles. The lowest BCUT2D eigenvalue weighted by atomic mass is 9.80. The first-order valence-corrected chi connectivity index (χ1v) is 9.98. The monoisotopic (exact) mass is 397 g/mol. The second-order valence-electron chi connectivity index (χ2n) is 7.60. The first kappa shape index (κ1) is 18.7. The van der Waals surface area contributed by atoms with Crippen molar-refractivity contribution in [2.24, 2.45) is 0 Å². The van der Waals surface area contributed by atoms with Crippen LogP contribution in [-0.2, 0) is 0 Å². The van der Waals surface area contributed by atoms with Crippen LogP contribution >= 0.6 is 11.6 Å². The van der Waals surface area contributed by atoms with E-state index in [0.29, 0.717) is 28.1 Å². The largest absolute Gasteiger partial charge is 0.384 e. The molecule has 2 aromatic heterocycles. The van der Waals surface area contributed by atoms with Crippen LogP contribution in [0.4, 0.5) is 5.82 Å². The van der Waals surface area contributed by atoms with Gasteiger partial charge in [0.25, 0.3) is 5.91 Å². The van der Waals surface area contributed by atoms with Crippen molar-refractivity contribution in [1.82, 2.24) is 19.4 Å². The zero-order valence-corrected chi connectivity index (χ0v) is 16.9. The highest BCUT2D eigenvalue weighted by Gasteiger charge is 2.28. The van der Waals surface area contributed by atoms with Crippen LogP contribution in [0.25, 0.3) is 16.7 Å². The summed E-state index contributed by atoms with van der Waals surface area (Å²) in [7, 11) is 3.53.